The standard InChI is InChI=1S/C11H18N4O2S/c1-3-15(8-9-4-5-9)18(16,17)10-6-13-11(12-2)14-7-10/h6-7,9H,3-5,8H2,1-2H3,(H,12,13,14). The molecule has 0 bridgehead atoms. The van der Waals surface area contributed by atoms with Gasteiger partial charge in [0.15, 0.2) is 0 Å². The average Bonchev–Trinajstić information content (AvgIpc) is 3.19. The first-order chi connectivity index (χ1) is 8.57. The zero-order chi connectivity index (χ0) is 13.2. The van der Waals surface area contributed by atoms with E-state index in [9.17, 15) is 8.42 Å². The molecule has 0 aromatic carbocycles. The van der Waals surface area contributed by atoms with Crippen molar-refractivity contribution in [2.45, 2.75) is 24.7 Å². The molecule has 0 unspecified atom stereocenters. The molecular weight excluding hydrogens is 252 g/mol. The number of aromatic nitrogens is 2. The summed E-state index contributed by atoms with van der Waals surface area (Å²) in [5.41, 5.74) is 0. The van der Waals surface area contributed by atoms with E-state index in [1.54, 1.807) is 7.05 Å². The highest BCUT2D eigenvalue weighted by Gasteiger charge is 2.31. The van der Waals surface area contributed by atoms with Crippen LogP contribution in [0.25, 0.3) is 0 Å². The Labute approximate surface area is 107 Å². The van der Waals surface area contributed by atoms with E-state index >= 15 is 0 Å². The normalized spacial score (nSPS) is 15.9. The van der Waals surface area contributed by atoms with Crippen molar-refractivity contribution < 1.29 is 8.42 Å². The van der Waals surface area contributed by atoms with E-state index in [-0.39, 0.29) is 4.90 Å². The molecule has 100 valence electrons. The number of rotatable bonds is 6. The molecule has 1 aliphatic rings. The molecule has 6 nitrogen and oxygen atoms in total. The first-order valence-corrected chi connectivity index (χ1v) is 7.52. The number of anilines is 1. The molecule has 1 N–H and O–H groups in total. The van der Waals surface area contributed by atoms with Crippen molar-refractivity contribution in [3.05, 3.63) is 12.4 Å². The summed E-state index contributed by atoms with van der Waals surface area (Å²) in [4.78, 5) is 8.05. The third-order valence-corrected chi connectivity index (χ3v) is 4.89. The van der Waals surface area contributed by atoms with Crippen LogP contribution in [-0.4, -0.2) is 42.8 Å². The van der Waals surface area contributed by atoms with Crippen molar-refractivity contribution in [1.82, 2.24) is 14.3 Å². The van der Waals surface area contributed by atoms with Crippen LogP contribution in [0.1, 0.15) is 19.8 Å². The van der Waals surface area contributed by atoms with Gasteiger partial charge in [-0.2, -0.15) is 4.31 Å². The highest BCUT2D eigenvalue weighted by molar-refractivity contribution is 7.89. The summed E-state index contributed by atoms with van der Waals surface area (Å²) in [6.07, 6.45) is 4.95. The van der Waals surface area contributed by atoms with Crippen molar-refractivity contribution in [2.75, 3.05) is 25.5 Å². The van der Waals surface area contributed by atoms with Gasteiger partial charge in [0.05, 0.1) is 12.4 Å². The third-order valence-electron chi connectivity index (χ3n) is 3.00. The molecule has 0 spiro atoms. The summed E-state index contributed by atoms with van der Waals surface area (Å²) in [6, 6.07) is 0. The van der Waals surface area contributed by atoms with E-state index in [0.29, 0.717) is 25.0 Å². The maximum atomic E-state index is 12.4. The Morgan fingerprint density at radius 3 is 2.44 bits per heavy atom. The quantitative estimate of drug-likeness (QED) is 0.832. The highest BCUT2D eigenvalue weighted by Crippen LogP contribution is 2.31. The van der Waals surface area contributed by atoms with Crippen LogP contribution >= 0.6 is 0 Å². The van der Waals surface area contributed by atoms with Gasteiger partial charge in [-0.05, 0) is 18.8 Å². The Morgan fingerprint density at radius 1 is 1.39 bits per heavy atom. The second-order valence-electron chi connectivity index (χ2n) is 4.39. The Kier molecular flexibility index (Phi) is 3.82. The summed E-state index contributed by atoms with van der Waals surface area (Å²) >= 11 is 0. The topological polar surface area (TPSA) is 75.2 Å². The van der Waals surface area contributed by atoms with Gasteiger partial charge in [0.1, 0.15) is 4.90 Å². The van der Waals surface area contributed by atoms with Gasteiger partial charge >= 0.3 is 0 Å². The highest BCUT2D eigenvalue weighted by atomic mass is 32.2. The van der Waals surface area contributed by atoms with Crippen LogP contribution in [0.4, 0.5) is 5.95 Å². The second kappa shape index (κ2) is 5.19. The van der Waals surface area contributed by atoms with Gasteiger partial charge in [0.2, 0.25) is 16.0 Å². The summed E-state index contributed by atoms with van der Waals surface area (Å²) in [7, 11) is -1.76. The second-order valence-corrected chi connectivity index (χ2v) is 6.33. The number of hydrogen-bond acceptors (Lipinski definition) is 5. The lowest BCUT2D eigenvalue weighted by molar-refractivity contribution is 0.411. The fraction of sp³-hybridized carbons (Fsp3) is 0.636. The molecule has 18 heavy (non-hydrogen) atoms. The zero-order valence-electron chi connectivity index (χ0n) is 10.6. The summed E-state index contributed by atoms with van der Waals surface area (Å²) < 4.78 is 26.2. The molecule has 0 amide bonds. The summed E-state index contributed by atoms with van der Waals surface area (Å²) in [6.45, 7) is 2.93. The SMILES string of the molecule is CCN(CC1CC1)S(=O)(=O)c1cnc(NC)nc1. The molecule has 0 saturated heterocycles. The lowest BCUT2D eigenvalue weighted by Gasteiger charge is -2.19. The maximum absolute atomic E-state index is 12.4. The Hall–Kier alpha value is -1.21. The lowest BCUT2D eigenvalue weighted by atomic mass is 10.4. The van der Waals surface area contributed by atoms with Gasteiger partial charge in [-0.3, -0.25) is 0 Å². The zero-order valence-corrected chi connectivity index (χ0v) is 11.4. The van der Waals surface area contributed by atoms with Gasteiger partial charge in [0, 0.05) is 20.1 Å². The number of nitrogens with zero attached hydrogens (tertiary/aromatic N) is 3. The minimum absolute atomic E-state index is 0.156. The van der Waals surface area contributed by atoms with Crippen molar-refractivity contribution in [1.29, 1.82) is 0 Å². The van der Waals surface area contributed by atoms with Crippen molar-refractivity contribution in [3.8, 4) is 0 Å². The lowest BCUT2D eigenvalue weighted by Crippen LogP contribution is -2.33. The monoisotopic (exact) mass is 270 g/mol. The molecule has 0 radical (unpaired) electrons. The van der Waals surface area contributed by atoms with Gasteiger partial charge in [-0.15, -0.1) is 0 Å². The van der Waals surface area contributed by atoms with E-state index in [4.69, 9.17) is 0 Å². The molecule has 1 aliphatic carbocycles. The molecule has 1 aromatic heterocycles. The predicted octanol–water partition coefficient (Wildman–Crippen LogP) is 0.939. The van der Waals surface area contributed by atoms with Crippen LogP contribution in [0.2, 0.25) is 0 Å². The van der Waals surface area contributed by atoms with Crippen LogP contribution < -0.4 is 5.32 Å². The number of hydrogen-bond donors (Lipinski definition) is 1. The van der Waals surface area contributed by atoms with Crippen LogP contribution in [0.15, 0.2) is 17.3 Å². The van der Waals surface area contributed by atoms with E-state index in [2.05, 4.69) is 15.3 Å². The predicted molar refractivity (Wildman–Crippen MR) is 68.7 cm³/mol. The maximum Gasteiger partial charge on any atom is 0.246 e. The smallest absolute Gasteiger partial charge is 0.246 e. The molecule has 1 saturated carbocycles. The number of sulfonamides is 1. The molecule has 2 rings (SSSR count). The van der Waals surface area contributed by atoms with E-state index in [1.807, 2.05) is 6.92 Å². The molecule has 0 atom stereocenters. The van der Waals surface area contributed by atoms with Crippen LogP contribution in [0.5, 0.6) is 0 Å². The molecule has 1 fully saturated rings. The average molecular weight is 270 g/mol. The van der Waals surface area contributed by atoms with Crippen molar-refractivity contribution in [3.63, 3.8) is 0 Å². The molecule has 1 aromatic rings. The Morgan fingerprint density at radius 2 is 2.00 bits per heavy atom. The summed E-state index contributed by atoms with van der Waals surface area (Å²) in [5, 5.41) is 2.76. The Bertz CT molecular complexity index is 496. The van der Waals surface area contributed by atoms with E-state index in [0.717, 1.165) is 12.8 Å². The number of nitrogens with one attached hydrogen (secondary N) is 1. The molecule has 7 heteroatoms. The van der Waals surface area contributed by atoms with Gasteiger partial charge in [-0.25, -0.2) is 18.4 Å². The van der Waals surface area contributed by atoms with Gasteiger partial charge < -0.3 is 5.32 Å². The van der Waals surface area contributed by atoms with Crippen LogP contribution in [0.3, 0.4) is 0 Å². The van der Waals surface area contributed by atoms with Gasteiger partial charge in [-0.1, -0.05) is 6.92 Å². The van der Waals surface area contributed by atoms with E-state index in [1.165, 1.54) is 16.7 Å². The third kappa shape index (κ3) is 2.78. The largest absolute Gasteiger partial charge is 0.357 e. The molecular formula is C11H18N4O2S. The summed E-state index contributed by atoms with van der Waals surface area (Å²) in [5.74, 6) is 0.941. The molecule has 1 heterocycles. The first kappa shape index (κ1) is 13.2. The van der Waals surface area contributed by atoms with Crippen molar-refractivity contribution in [2.24, 2.45) is 5.92 Å². The van der Waals surface area contributed by atoms with Gasteiger partial charge in [0.25, 0.3) is 0 Å². The molecule has 0 aliphatic heterocycles. The van der Waals surface area contributed by atoms with Crippen LogP contribution in [0, 0.1) is 5.92 Å². The van der Waals surface area contributed by atoms with Crippen LogP contribution in [-0.2, 0) is 10.0 Å². The fourth-order valence-electron chi connectivity index (χ4n) is 1.71. The Balaban J connectivity index is 2.21. The van der Waals surface area contributed by atoms with E-state index < -0.39 is 10.0 Å². The minimum Gasteiger partial charge on any atom is -0.357 e. The fourth-order valence-corrected chi connectivity index (χ4v) is 3.13. The minimum atomic E-state index is -3.45. The first-order valence-electron chi connectivity index (χ1n) is 6.08. The van der Waals surface area contributed by atoms with Crippen molar-refractivity contribution >= 4 is 16.0 Å².